The first-order valence-electron chi connectivity index (χ1n) is 6.75. The molecular weight excluding hydrogens is 286 g/mol. The third kappa shape index (κ3) is 2.91. The van der Waals surface area contributed by atoms with Crippen LogP contribution in [0.4, 0.5) is 11.6 Å². The van der Waals surface area contributed by atoms with Crippen molar-refractivity contribution in [1.82, 2.24) is 9.97 Å². The fourth-order valence-electron chi connectivity index (χ4n) is 2.39. The van der Waals surface area contributed by atoms with Crippen LogP contribution in [0.5, 0.6) is 0 Å². The topological polar surface area (TPSA) is 56.1 Å². The summed E-state index contributed by atoms with van der Waals surface area (Å²) in [5.74, 6) is 1.80. The predicted octanol–water partition coefficient (Wildman–Crippen LogP) is 2.33. The summed E-state index contributed by atoms with van der Waals surface area (Å²) in [7, 11) is 0. The molecule has 2 aromatic heterocycles. The molecule has 5 nitrogen and oxygen atoms in total. The molecule has 1 fully saturated rings. The molecule has 0 aromatic carbocycles. The van der Waals surface area contributed by atoms with Crippen molar-refractivity contribution in [3.8, 4) is 6.07 Å². The highest BCUT2D eigenvalue weighted by Gasteiger charge is 2.19. The fraction of sp³-hybridized carbons (Fsp3) is 0.267. The van der Waals surface area contributed by atoms with E-state index in [4.69, 9.17) is 16.9 Å². The second-order valence-corrected chi connectivity index (χ2v) is 5.18. The van der Waals surface area contributed by atoms with Crippen LogP contribution in [0.2, 0.25) is 5.02 Å². The van der Waals surface area contributed by atoms with Crippen molar-refractivity contribution in [1.29, 1.82) is 5.26 Å². The molecule has 0 unspecified atom stereocenters. The lowest BCUT2D eigenvalue weighted by Crippen LogP contribution is -2.47. The number of anilines is 2. The van der Waals surface area contributed by atoms with Gasteiger partial charge in [-0.2, -0.15) is 5.26 Å². The van der Waals surface area contributed by atoms with Crippen molar-refractivity contribution in [3.05, 3.63) is 47.2 Å². The molecule has 106 valence electrons. The molecule has 3 heterocycles. The van der Waals surface area contributed by atoms with Crippen LogP contribution < -0.4 is 9.80 Å². The zero-order valence-corrected chi connectivity index (χ0v) is 12.2. The van der Waals surface area contributed by atoms with Gasteiger partial charge in [0.15, 0.2) is 5.69 Å². The quantitative estimate of drug-likeness (QED) is 0.852. The number of rotatable bonds is 2. The number of aromatic nitrogens is 2. The van der Waals surface area contributed by atoms with Gasteiger partial charge >= 0.3 is 0 Å². The molecular formula is C15H14ClN5. The Hall–Kier alpha value is -2.32. The molecule has 3 rings (SSSR count). The average molecular weight is 300 g/mol. The van der Waals surface area contributed by atoms with Crippen molar-refractivity contribution in [2.75, 3.05) is 36.0 Å². The summed E-state index contributed by atoms with van der Waals surface area (Å²) in [4.78, 5) is 13.1. The molecule has 0 radical (unpaired) electrons. The molecule has 0 aliphatic carbocycles. The summed E-state index contributed by atoms with van der Waals surface area (Å²) < 4.78 is 0. The fourth-order valence-corrected chi connectivity index (χ4v) is 2.54. The van der Waals surface area contributed by atoms with Gasteiger partial charge in [-0.25, -0.2) is 9.97 Å². The summed E-state index contributed by atoms with van der Waals surface area (Å²) in [6.45, 7) is 3.44. The smallest absolute Gasteiger partial charge is 0.161 e. The van der Waals surface area contributed by atoms with Crippen molar-refractivity contribution in [3.63, 3.8) is 0 Å². The van der Waals surface area contributed by atoms with Gasteiger partial charge in [0.1, 0.15) is 17.7 Å². The normalized spacial score (nSPS) is 14.9. The van der Waals surface area contributed by atoms with E-state index >= 15 is 0 Å². The average Bonchev–Trinajstić information content (AvgIpc) is 2.56. The monoisotopic (exact) mass is 299 g/mol. The molecule has 0 N–H and O–H groups in total. The highest BCUT2D eigenvalue weighted by molar-refractivity contribution is 6.31. The van der Waals surface area contributed by atoms with Crippen LogP contribution in [-0.2, 0) is 0 Å². The number of hydrogen-bond donors (Lipinski definition) is 0. The maximum atomic E-state index is 9.00. The molecule has 0 bridgehead atoms. The van der Waals surface area contributed by atoms with Crippen molar-refractivity contribution >= 4 is 23.2 Å². The van der Waals surface area contributed by atoms with Gasteiger partial charge in [-0.3, -0.25) is 0 Å². The van der Waals surface area contributed by atoms with E-state index in [0.29, 0.717) is 5.02 Å². The number of pyridine rings is 2. The van der Waals surface area contributed by atoms with E-state index in [9.17, 15) is 0 Å². The van der Waals surface area contributed by atoms with Gasteiger partial charge < -0.3 is 9.80 Å². The Morgan fingerprint density at radius 2 is 1.71 bits per heavy atom. The van der Waals surface area contributed by atoms with Crippen LogP contribution >= 0.6 is 11.6 Å². The largest absolute Gasteiger partial charge is 0.353 e. The Labute approximate surface area is 128 Å². The first-order valence-corrected chi connectivity index (χ1v) is 7.13. The molecule has 0 saturated carbocycles. The van der Waals surface area contributed by atoms with Crippen LogP contribution in [-0.4, -0.2) is 36.1 Å². The Morgan fingerprint density at radius 3 is 2.33 bits per heavy atom. The van der Waals surface area contributed by atoms with Gasteiger partial charge in [-0.1, -0.05) is 17.7 Å². The molecule has 6 heteroatoms. The Bertz CT molecular complexity index is 660. The summed E-state index contributed by atoms with van der Waals surface area (Å²) in [6, 6.07) is 11.5. The molecule has 1 aliphatic heterocycles. The van der Waals surface area contributed by atoms with Gasteiger partial charge in [0.2, 0.25) is 0 Å². The lowest BCUT2D eigenvalue weighted by molar-refractivity contribution is 0.641. The third-order valence-corrected chi connectivity index (χ3v) is 3.82. The van der Waals surface area contributed by atoms with Crippen molar-refractivity contribution in [2.45, 2.75) is 0 Å². The maximum Gasteiger partial charge on any atom is 0.161 e. The summed E-state index contributed by atoms with van der Waals surface area (Å²) >= 11 is 5.92. The molecule has 1 saturated heterocycles. The molecule has 0 spiro atoms. The number of hydrogen-bond acceptors (Lipinski definition) is 5. The van der Waals surface area contributed by atoms with E-state index in [-0.39, 0.29) is 5.69 Å². The first-order chi connectivity index (χ1) is 10.3. The van der Waals surface area contributed by atoms with Gasteiger partial charge in [-0.05, 0) is 24.3 Å². The summed E-state index contributed by atoms with van der Waals surface area (Å²) in [5.41, 5.74) is 0.279. The summed E-state index contributed by atoms with van der Waals surface area (Å²) in [5, 5.41) is 9.40. The van der Waals surface area contributed by atoms with E-state index in [1.807, 2.05) is 36.5 Å². The highest BCUT2D eigenvalue weighted by Crippen LogP contribution is 2.21. The zero-order valence-electron chi connectivity index (χ0n) is 11.4. The van der Waals surface area contributed by atoms with E-state index < -0.39 is 0 Å². The molecule has 2 aromatic rings. The Morgan fingerprint density at radius 1 is 1.00 bits per heavy atom. The molecule has 0 amide bonds. The minimum atomic E-state index is 0.279. The van der Waals surface area contributed by atoms with Crippen LogP contribution in [0.1, 0.15) is 5.69 Å². The van der Waals surface area contributed by atoms with Gasteiger partial charge in [0, 0.05) is 32.4 Å². The Kier molecular flexibility index (Phi) is 3.89. The SMILES string of the molecule is N#Cc1nc(N2CCN(c3ccccn3)CC2)ccc1Cl. The van der Waals surface area contributed by atoms with Gasteiger partial charge in [0.05, 0.1) is 5.02 Å². The van der Waals surface area contributed by atoms with E-state index in [1.165, 1.54) is 0 Å². The standard InChI is InChI=1S/C15H14ClN5/c16-12-4-5-15(19-13(12)11-17)21-9-7-20(8-10-21)14-3-1-2-6-18-14/h1-6H,7-10H2. The van der Waals surface area contributed by atoms with Gasteiger partial charge in [0.25, 0.3) is 0 Å². The van der Waals surface area contributed by atoms with Crippen LogP contribution in [0.3, 0.4) is 0 Å². The Balaban J connectivity index is 1.70. The van der Waals surface area contributed by atoms with Crippen LogP contribution in [0.25, 0.3) is 0 Å². The maximum absolute atomic E-state index is 9.00. The van der Waals surface area contributed by atoms with Crippen LogP contribution in [0.15, 0.2) is 36.5 Å². The molecule has 1 aliphatic rings. The van der Waals surface area contributed by atoms with E-state index in [0.717, 1.165) is 37.8 Å². The number of piperazine rings is 1. The van der Waals surface area contributed by atoms with Crippen molar-refractivity contribution < 1.29 is 0 Å². The van der Waals surface area contributed by atoms with Crippen molar-refractivity contribution in [2.24, 2.45) is 0 Å². The van der Waals surface area contributed by atoms with Crippen LogP contribution in [0, 0.1) is 11.3 Å². The second kappa shape index (κ2) is 5.98. The minimum Gasteiger partial charge on any atom is -0.353 e. The third-order valence-electron chi connectivity index (χ3n) is 3.51. The lowest BCUT2D eigenvalue weighted by Gasteiger charge is -2.36. The zero-order chi connectivity index (χ0) is 14.7. The second-order valence-electron chi connectivity index (χ2n) is 4.77. The minimum absolute atomic E-state index is 0.279. The van der Waals surface area contributed by atoms with Gasteiger partial charge in [-0.15, -0.1) is 0 Å². The highest BCUT2D eigenvalue weighted by atomic mass is 35.5. The number of nitrogens with zero attached hydrogens (tertiary/aromatic N) is 5. The first kappa shape index (κ1) is 13.7. The molecule has 0 atom stereocenters. The predicted molar refractivity (Wildman–Crippen MR) is 82.6 cm³/mol. The summed E-state index contributed by atoms with van der Waals surface area (Å²) in [6.07, 6.45) is 1.81. The number of nitriles is 1. The van der Waals surface area contributed by atoms with E-state index in [1.54, 1.807) is 6.07 Å². The molecule has 21 heavy (non-hydrogen) atoms. The number of halogens is 1. The van der Waals surface area contributed by atoms with E-state index in [2.05, 4.69) is 19.8 Å². The lowest BCUT2D eigenvalue weighted by atomic mass is 10.3.